The molecule has 1 atom stereocenters. The molecule has 3 aromatic rings. The van der Waals surface area contributed by atoms with Crippen LogP contribution in [0, 0.1) is 6.92 Å². The highest BCUT2D eigenvalue weighted by Gasteiger charge is 2.46. The molecule has 0 radical (unpaired) electrons. The van der Waals surface area contributed by atoms with Crippen molar-refractivity contribution in [3.05, 3.63) is 88.9 Å². The minimum atomic E-state index is -4.17. The van der Waals surface area contributed by atoms with Crippen LogP contribution < -0.4 is 10.0 Å². The summed E-state index contributed by atoms with van der Waals surface area (Å²) >= 11 is 5.93. The van der Waals surface area contributed by atoms with Crippen molar-refractivity contribution in [2.45, 2.75) is 35.6 Å². The summed E-state index contributed by atoms with van der Waals surface area (Å²) in [7, 11) is -8.05. The Bertz CT molecular complexity index is 1540. The Kier molecular flexibility index (Phi) is 7.54. The van der Waals surface area contributed by atoms with E-state index in [1.807, 2.05) is 6.92 Å². The summed E-state index contributed by atoms with van der Waals surface area (Å²) < 4.78 is 51.5. The van der Waals surface area contributed by atoms with E-state index in [2.05, 4.69) is 0 Å². The molecule has 3 aromatic carbocycles. The molecule has 2 amide bonds. The van der Waals surface area contributed by atoms with E-state index in [4.69, 9.17) is 16.7 Å². The molecule has 9 nitrogen and oxygen atoms in total. The lowest BCUT2D eigenvalue weighted by atomic mass is 10.1. The van der Waals surface area contributed by atoms with Crippen molar-refractivity contribution in [1.82, 2.24) is 4.31 Å². The number of nitrogens with zero attached hydrogens (tertiary/aromatic N) is 2. The number of amides is 2. The lowest BCUT2D eigenvalue weighted by Crippen LogP contribution is -2.46. The van der Waals surface area contributed by atoms with Gasteiger partial charge in [0.1, 0.15) is 6.04 Å². The average Bonchev–Trinajstić information content (AvgIpc) is 3.13. The van der Waals surface area contributed by atoms with Crippen LogP contribution in [0.15, 0.2) is 82.6 Å². The van der Waals surface area contributed by atoms with Crippen molar-refractivity contribution >= 4 is 49.1 Å². The predicted octanol–water partition coefficient (Wildman–Crippen LogP) is 2.86. The zero-order valence-corrected chi connectivity index (χ0v) is 22.1. The van der Waals surface area contributed by atoms with Gasteiger partial charge in [0.2, 0.25) is 26.0 Å². The number of primary sulfonamides is 1. The van der Waals surface area contributed by atoms with Crippen LogP contribution in [-0.2, 0) is 36.1 Å². The third kappa shape index (κ3) is 5.76. The van der Waals surface area contributed by atoms with E-state index < -0.39 is 37.9 Å². The van der Waals surface area contributed by atoms with Gasteiger partial charge in [0.25, 0.3) is 5.91 Å². The molecule has 0 aromatic heterocycles. The third-order valence-corrected chi connectivity index (χ3v) is 9.16. The maximum absolute atomic E-state index is 13.7. The van der Waals surface area contributed by atoms with Crippen LogP contribution in [0.3, 0.4) is 0 Å². The lowest BCUT2D eigenvalue weighted by Gasteiger charge is -2.27. The number of carbonyl (C=O) groups excluding carboxylic acids is 2. The highest BCUT2D eigenvalue weighted by molar-refractivity contribution is 7.89. The van der Waals surface area contributed by atoms with Gasteiger partial charge < -0.3 is 0 Å². The van der Waals surface area contributed by atoms with Crippen LogP contribution in [0.4, 0.5) is 5.69 Å². The maximum atomic E-state index is 13.7. The number of hydrogen-bond donors (Lipinski definition) is 1. The van der Waals surface area contributed by atoms with E-state index in [-0.39, 0.29) is 29.2 Å². The molecule has 2 N–H and O–H groups in total. The SMILES string of the molecule is Cc1ccc(S(=O)(=O)N(CCc2ccc(S(N)(=O)=O)cc2)C2CC(=O)N(c3ccc(Cl)cc3)C2=O)cc1. The van der Waals surface area contributed by atoms with Crippen LogP contribution >= 0.6 is 11.6 Å². The molecule has 0 bridgehead atoms. The molecule has 1 fully saturated rings. The fourth-order valence-electron chi connectivity index (χ4n) is 4.08. The minimum absolute atomic E-state index is 0.00661. The number of nitrogens with two attached hydrogens (primary N) is 1. The Labute approximate surface area is 220 Å². The number of sulfonamides is 2. The zero-order valence-electron chi connectivity index (χ0n) is 19.7. The van der Waals surface area contributed by atoms with Gasteiger partial charge in [-0.05, 0) is 67.4 Å². The van der Waals surface area contributed by atoms with Gasteiger partial charge in [-0.2, -0.15) is 4.31 Å². The van der Waals surface area contributed by atoms with Crippen molar-refractivity contribution in [3.63, 3.8) is 0 Å². The zero-order chi connectivity index (χ0) is 27.0. The molecule has 1 unspecified atom stereocenters. The topological polar surface area (TPSA) is 135 Å². The summed E-state index contributed by atoms with van der Waals surface area (Å²) in [5.74, 6) is -1.19. The molecule has 0 aliphatic carbocycles. The Balaban J connectivity index is 1.67. The van der Waals surface area contributed by atoms with E-state index in [0.29, 0.717) is 16.3 Å². The van der Waals surface area contributed by atoms with Crippen LogP contribution in [0.25, 0.3) is 0 Å². The van der Waals surface area contributed by atoms with Gasteiger partial charge in [0.05, 0.1) is 21.9 Å². The number of aryl methyl sites for hydroxylation is 1. The molecule has 1 aliphatic rings. The second-order valence-electron chi connectivity index (χ2n) is 8.63. The molecule has 37 heavy (non-hydrogen) atoms. The summed E-state index contributed by atoms with van der Waals surface area (Å²) in [5, 5.41) is 5.57. The quantitative estimate of drug-likeness (QED) is 0.420. The predicted molar refractivity (Wildman–Crippen MR) is 139 cm³/mol. The Hall–Kier alpha value is -3.09. The summed E-state index contributed by atoms with van der Waals surface area (Å²) in [6, 6.07) is 16.8. The minimum Gasteiger partial charge on any atom is -0.274 e. The van der Waals surface area contributed by atoms with Crippen molar-refractivity contribution < 1.29 is 26.4 Å². The molecule has 1 heterocycles. The largest absolute Gasteiger partial charge is 0.274 e. The van der Waals surface area contributed by atoms with Crippen LogP contribution in [0.5, 0.6) is 0 Å². The highest BCUT2D eigenvalue weighted by Crippen LogP contribution is 2.30. The lowest BCUT2D eigenvalue weighted by molar-refractivity contribution is -0.122. The number of halogens is 1. The highest BCUT2D eigenvalue weighted by atomic mass is 35.5. The van der Waals surface area contributed by atoms with Gasteiger partial charge in [0, 0.05) is 11.6 Å². The number of anilines is 1. The first-order chi connectivity index (χ1) is 17.4. The van der Waals surface area contributed by atoms with E-state index in [9.17, 15) is 26.4 Å². The van der Waals surface area contributed by atoms with E-state index >= 15 is 0 Å². The molecular weight excluding hydrogens is 538 g/mol. The molecular formula is C25H24ClN3O6S2. The van der Waals surface area contributed by atoms with Gasteiger partial charge in [-0.25, -0.2) is 26.9 Å². The summed E-state index contributed by atoms with van der Waals surface area (Å²) in [6.45, 7) is 1.70. The van der Waals surface area contributed by atoms with Crippen molar-refractivity contribution in [2.24, 2.45) is 5.14 Å². The van der Waals surface area contributed by atoms with Gasteiger partial charge >= 0.3 is 0 Å². The van der Waals surface area contributed by atoms with Gasteiger partial charge in [-0.1, -0.05) is 41.4 Å². The first kappa shape index (κ1) is 27.0. The maximum Gasteiger partial charge on any atom is 0.252 e. The standard InChI is InChI=1S/C25H24ClN3O6S2/c1-17-2-10-22(11-3-17)37(34,35)28(15-14-18-4-12-21(13-5-18)36(27,32)33)23-16-24(30)29(25(23)31)20-8-6-19(26)7-9-20/h2-13,23H,14-16H2,1H3,(H2,27,32,33). The number of hydrogen-bond acceptors (Lipinski definition) is 6. The Morgan fingerprint density at radius 2 is 1.46 bits per heavy atom. The molecule has 1 aliphatic heterocycles. The molecule has 4 rings (SSSR count). The van der Waals surface area contributed by atoms with Gasteiger partial charge in [0.15, 0.2) is 0 Å². The van der Waals surface area contributed by atoms with Crippen LogP contribution in [0.2, 0.25) is 5.02 Å². The molecule has 12 heteroatoms. The van der Waals surface area contributed by atoms with E-state index in [0.717, 1.165) is 14.8 Å². The molecule has 0 saturated carbocycles. The van der Waals surface area contributed by atoms with Crippen LogP contribution in [-0.4, -0.2) is 45.5 Å². The number of benzene rings is 3. The van der Waals surface area contributed by atoms with E-state index in [1.165, 1.54) is 60.7 Å². The third-order valence-electron chi connectivity index (χ3n) is 6.06. The summed E-state index contributed by atoms with van der Waals surface area (Å²) in [4.78, 5) is 27.2. The fraction of sp³-hybridized carbons (Fsp3) is 0.200. The summed E-state index contributed by atoms with van der Waals surface area (Å²) in [6.07, 6.45) is -0.161. The van der Waals surface area contributed by atoms with Gasteiger partial charge in [-0.3, -0.25) is 9.59 Å². The Morgan fingerprint density at radius 3 is 2.03 bits per heavy atom. The smallest absolute Gasteiger partial charge is 0.252 e. The molecule has 1 saturated heterocycles. The van der Waals surface area contributed by atoms with Gasteiger partial charge in [-0.15, -0.1) is 0 Å². The first-order valence-corrected chi connectivity index (χ1v) is 14.6. The van der Waals surface area contributed by atoms with Crippen molar-refractivity contribution in [1.29, 1.82) is 0 Å². The first-order valence-electron chi connectivity index (χ1n) is 11.2. The average molecular weight is 562 g/mol. The molecule has 0 spiro atoms. The Morgan fingerprint density at radius 1 is 0.892 bits per heavy atom. The normalized spacial score (nSPS) is 16.5. The van der Waals surface area contributed by atoms with Crippen molar-refractivity contribution in [2.75, 3.05) is 11.4 Å². The second kappa shape index (κ2) is 10.3. The number of imide groups is 1. The van der Waals surface area contributed by atoms with Crippen molar-refractivity contribution in [3.8, 4) is 0 Å². The number of rotatable bonds is 8. The van der Waals surface area contributed by atoms with Crippen LogP contribution in [0.1, 0.15) is 17.5 Å². The number of carbonyl (C=O) groups is 2. The molecule has 194 valence electrons. The fourth-order valence-corrected chi connectivity index (χ4v) is 6.30. The monoisotopic (exact) mass is 561 g/mol. The summed E-state index contributed by atoms with van der Waals surface area (Å²) in [5.41, 5.74) is 1.79. The second-order valence-corrected chi connectivity index (χ2v) is 12.5. The van der Waals surface area contributed by atoms with E-state index in [1.54, 1.807) is 12.1 Å².